The van der Waals surface area contributed by atoms with Gasteiger partial charge in [0.15, 0.2) is 0 Å². The van der Waals surface area contributed by atoms with Crippen molar-refractivity contribution in [1.29, 1.82) is 0 Å². The van der Waals surface area contributed by atoms with Crippen molar-refractivity contribution in [3.63, 3.8) is 0 Å². The molecular formula is C17H29NO3S. The number of rotatable bonds is 11. The van der Waals surface area contributed by atoms with Crippen molar-refractivity contribution in [3.05, 3.63) is 24.3 Å². The highest BCUT2D eigenvalue weighted by molar-refractivity contribution is 7.89. The zero-order chi connectivity index (χ0) is 16.4. The number of unbranched alkanes of at least 4 members (excludes halogenated alkanes) is 4. The summed E-state index contributed by atoms with van der Waals surface area (Å²) in [6.07, 6.45) is 6.12. The van der Waals surface area contributed by atoms with E-state index in [0.717, 1.165) is 38.5 Å². The zero-order valence-corrected chi connectivity index (χ0v) is 14.9. The van der Waals surface area contributed by atoms with Crippen LogP contribution in [0.5, 0.6) is 5.75 Å². The largest absolute Gasteiger partial charge is 0.497 e. The maximum absolute atomic E-state index is 12.8. The maximum Gasteiger partial charge on any atom is 0.243 e. The van der Waals surface area contributed by atoms with Gasteiger partial charge in [-0.25, -0.2) is 8.42 Å². The molecule has 0 bridgehead atoms. The number of hydrogen-bond acceptors (Lipinski definition) is 3. The molecule has 0 N–H and O–H groups in total. The van der Waals surface area contributed by atoms with Gasteiger partial charge in [-0.1, -0.05) is 39.5 Å². The second kappa shape index (κ2) is 9.85. The molecule has 0 atom stereocenters. The van der Waals surface area contributed by atoms with Gasteiger partial charge in [-0.2, -0.15) is 4.31 Å². The first-order valence-electron chi connectivity index (χ1n) is 8.20. The van der Waals surface area contributed by atoms with Crippen molar-refractivity contribution in [3.8, 4) is 5.75 Å². The van der Waals surface area contributed by atoms with E-state index in [2.05, 4.69) is 13.8 Å². The summed E-state index contributed by atoms with van der Waals surface area (Å²) >= 11 is 0. The molecule has 5 heteroatoms. The van der Waals surface area contributed by atoms with Gasteiger partial charge in [-0.05, 0) is 37.1 Å². The fraction of sp³-hybridized carbons (Fsp3) is 0.647. The molecule has 0 fully saturated rings. The SMILES string of the molecule is CCCCCN(CCCCC)S(=O)(=O)c1ccc(OC)cc1. The van der Waals surface area contributed by atoms with Crippen molar-refractivity contribution < 1.29 is 13.2 Å². The molecule has 0 saturated carbocycles. The van der Waals surface area contributed by atoms with Crippen molar-refractivity contribution in [2.75, 3.05) is 20.2 Å². The van der Waals surface area contributed by atoms with E-state index in [1.807, 2.05) is 0 Å². The van der Waals surface area contributed by atoms with E-state index in [0.29, 0.717) is 23.7 Å². The van der Waals surface area contributed by atoms with Crippen LogP contribution in [0.25, 0.3) is 0 Å². The number of benzene rings is 1. The topological polar surface area (TPSA) is 46.6 Å². The molecule has 22 heavy (non-hydrogen) atoms. The molecule has 0 aromatic heterocycles. The minimum Gasteiger partial charge on any atom is -0.497 e. The Morgan fingerprint density at radius 1 is 0.909 bits per heavy atom. The third-order valence-corrected chi connectivity index (χ3v) is 5.63. The predicted octanol–water partition coefficient (Wildman–Crippen LogP) is 4.07. The van der Waals surface area contributed by atoms with Crippen LogP contribution >= 0.6 is 0 Å². The van der Waals surface area contributed by atoms with E-state index >= 15 is 0 Å². The number of nitrogens with zero attached hydrogens (tertiary/aromatic N) is 1. The Bertz CT molecular complexity index is 501. The van der Waals surface area contributed by atoms with Crippen molar-refractivity contribution >= 4 is 10.0 Å². The van der Waals surface area contributed by atoms with Crippen LogP contribution in [0.15, 0.2) is 29.2 Å². The average molecular weight is 327 g/mol. The highest BCUT2D eigenvalue weighted by Crippen LogP contribution is 2.20. The molecule has 0 aliphatic carbocycles. The first-order valence-corrected chi connectivity index (χ1v) is 9.64. The number of ether oxygens (including phenoxy) is 1. The third kappa shape index (κ3) is 5.61. The Kier molecular flexibility index (Phi) is 8.49. The summed E-state index contributed by atoms with van der Waals surface area (Å²) in [7, 11) is -1.83. The Morgan fingerprint density at radius 2 is 1.41 bits per heavy atom. The van der Waals surface area contributed by atoms with Gasteiger partial charge in [0, 0.05) is 13.1 Å². The second-order valence-corrected chi connectivity index (χ2v) is 7.43. The summed E-state index contributed by atoms with van der Waals surface area (Å²) in [5.41, 5.74) is 0. The molecule has 0 saturated heterocycles. The van der Waals surface area contributed by atoms with Crippen LogP contribution in [0.4, 0.5) is 0 Å². The monoisotopic (exact) mass is 327 g/mol. The molecule has 0 heterocycles. The molecule has 0 aliphatic heterocycles. The molecule has 1 aromatic rings. The fourth-order valence-electron chi connectivity index (χ4n) is 2.33. The zero-order valence-electron chi connectivity index (χ0n) is 14.0. The number of hydrogen-bond donors (Lipinski definition) is 0. The molecule has 1 rings (SSSR count). The predicted molar refractivity (Wildman–Crippen MR) is 90.8 cm³/mol. The van der Waals surface area contributed by atoms with Crippen LogP contribution in [0, 0.1) is 0 Å². The van der Waals surface area contributed by atoms with Crippen LogP contribution in [-0.4, -0.2) is 32.9 Å². The summed E-state index contributed by atoms with van der Waals surface area (Å²) in [6.45, 7) is 5.45. The average Bonchev–Trinajstić information content (AvgIpc) is 2.53. The smallest absolute Gasteiger partial charge is 0.243 e. The van der Waals surface area contributed by atoms with Crippen LogP contribution in [-0.2, 0) is 10.0 Å². The van der Waals surface area contributed by atoms with Gasteiger partial charge in [0.25, 0.3) is 0 Å². The van der Waals surface area contributed by atoms with E-state index in [4.69, 9.17) is 4.74 Å². The van der Waals surface area contributed by atoms with Gasteiger partial charge in [0.1, 0.15) is 5.75 Å². The molecule has 1 aromatic carbocycles. The first-order chi connectivity index (χ1) is 10.6. The maximum atomic E-state index is 12.8. The second-order valence-electron chi connectivity index (χ2n) is 5.49. The van der Waals surface area contributed by atoms with Gasteiger partial charge in [0.05, 0.1) is 12.0 Å². The fourth-order valence-corrected chi connectivity index (χ4v) is 3.84. The summed E-state index contributed by atoms with van der Waals surface area (Å²) in [5.74, 6) is 0.669. The van der Waals surface area contributed by atoms with Gasteiger partial charge >= 0.3 is 0 Å². The number of methoxy groups -OCH3 is 1. The quantitative estimate of drug-likeness (QED) is 0.576. The van der Waals surface area contributed by atoms with Crippen molar-refractivity contribution in [2.45, 2.75) is 57.3 Å². The molecular weight excluding hydrogens is 298 g/mol. The minimum atomic E-state index is -3.41. The first kappa shape index (κ1) is 19.0. The van der Waals surface area contributed by atoms with E-state index in [1.165, 1.54) is 0 Å². The summed E-state index contributed by atoms with van der Waals surface area (Å²) in [4.78, 5) is 0.348. The Labute approximate surface area is 135 Å². The van der Waals surface area contributed by atoms with E-state index < -0.39 is 10.0 Å². The molecule has 0 spiro atoms. The van der Waals surface area contributed by atoms with Gasteiger partial charge < -0.3 is 4.74 Å². The van der Waals surface area contributed by atoms with E-state index in [1.54, 1.807) is 35.7 Å². The minimum absolute atomic E-state index is 0.348. The Morgan fingerprint density at radius 3 is 1.82 bits per heavy atom. The Balaban J connectivity index is 2.86. The van der Waals surface area contributed by atoms with Crippen molar-refractivity contribution in [2.24, 2.45) is 0 Å². The van der Waals surface area contributed by atoms with Crippen molar-refractivity contribution in [1.82, 2.24) is 4.31 Å². The molecule has 0 amide bonds. The lowest BCUT2D eigenvalue weighted by Crippen LogP contribution is -2.33. The van der Waals surface area contributed by atoms with Gasteiger partial charge in [-0.3, -0.25) is 0 Å². The lowest BCUT2D eigenvalue weighted by atomic mass is 10.2. The standard InChI is InChI=1S/C17H29NO3S/c1-4-6-8-14-18(15-9-7-5-2)22(19,20)17-12-10-16(21-3)11-13-17/h10-13H,4-9,14-15H2,1-3H3. The third-order valence-electron chi connectivity index (χ3n) is 3.72. The molecule has 0 aliphatic rings. The number of sulfonamides is 1. The molecule has 0 unspecified atom stereocenters. The van der Waals surface area contributed by atoms with E-state index in [-0.39, 0.29) is 0 Å². The summed E-state index contributed by atoms with van der Waals surface area (Å²) < 4.78 is 32.3. The normalized spacial score (nSPS) is 11.8. The van der Waals surface area contributed by atoms with Gasteiger partial charge in [-0.15, -0.1) is 0 Å². The highest BCUT2D eigenvalue weighted by atomic mass is 32.2. The van der Waals surface area contributed by atoms with Gasteiger partial charge in [0.2, 0.25) is 10.0 Å². The molecule has 4 nitrogen and oxygen atoms in total. The van der Waals surface area contributed by atoms with E-state index in [9.17, 15) is 8.42 Å². The van der Waals surface area contributed by atoms with Crippen LogP contribution in [0.1, 0.15) is 52.4 Å². The van der Waals surface area contributed by atoms with Crippen LogP contribution in [0.2, 0.25) is 0 Å². The lowest BCUT2D eigenvalue weighted by Gasteiger charge is -2.22. The van der Waals surface area contributed by atoms with Crippen LogP contribution in [0.3, 0.4) is 0 Å². The molecule has 0 radical (unpaired) electrons. The lowest BCUT2D eigenvalue weighted by molar-refractivity contribution is 0.388. The summed E-state index contributed by atoms with van der Waals surface area (Å²) in [6, 6.07) is 6.65. The summed E-state index contributed by atoms with van der Waals surface area (Å²) in [5, 5.41) is 0. The highest BCUT2D eigenvalue weighted by Gasteiger charge is 2.23. The van der Waals surface area contributed by atoms with Crippen LogP contribution < -0.4 is 4.74 Å². The Hall–Kier alpha value is -1.07. The molecule has 126 valence electrons.